The lowest BCUT2D eigenvalue weighted by Gasteiger charge is -2.39. The van der Waals surface area contributed by atoms with Crippen LogP contribution in [0.15, 0.2) is 60.0 Å². The smallest absolute Gasteiger partial charge is 0.252 e. The van der Waals surface area contributed by atoms with Gasteiger partial charge in [0.25, 0.3) is 5.56 Å². The molecule has 1 fully saturated rings. The molecule has 0 aliphatic carbocycles. The molecular formula is C26H32N6O2. The highest BCUT2D eigenvalue weighted by Gasteiger charge is 2.25. The summed E-state index contributed by atoms with van der Waals surface area (Å²) in [6.45, 7) is 13.5. The number of nitrogens with one attached hydrogen (secondary N) is 1. The Balaban J connectivity index is 1.40. The Morgan fingerprint density at radius 2 is 2.00 bits per heavy atom. The molecule has 0 radical (unpaired) electrons. The predicted molar refractivity (Wildman–Crippen MR) is 135 cm³/mol. The highest BCUT2D eigenvalue weighted by Crippen LogP contribution is 2.20. The maximum absolute atomic E-state index is 12.1. The topological polar surface area (TPSA) is 83.4 Å². The number of hydrogen-bond acceptors (Lipinski definition) is 6. The molecular weight excluding hydrogens is 428 g/mol. The van der Waals surface area contributed by atoms with E-state index in [2.05, 4.69) is 64.9 Å². The third-order valence-electron chi connectivity index (χ3n) is 6.44. The van der Waals surface area contributed by atoms with Crippen LogP contribution in [-0.4, -0.2) is 55.9 Å². The summed E-state index contributed by atoms with van der Waals surface area (Å²) in [5, 5.41) is 4.20. The molecule has 2 atom stereocenters. The molecule has 2 aromatic heterocycles. The van der Waals surface area contributed by atoms with E-state index in [4.69, 9.17) is 0 Å². The van der Waals surface area contributed by atoms with Crippen molar-refractivity contribution in [3.63, 3.8) is 0 Å². The minimum atomic E-state index is -0.0635. The number of piperazine rings is 1. The van der Waals surface area contributed by atoms with E-state index in [0.29, 0.717) is 18.1 Å². The maximum Gasteiger partial charge on any atom is 0.252 e. The first-order chi connectivity index (χ1) is 16.4. The van der Waals surface area contributed by atoms with E-state index in [1.165, 1.54) is 11.6 Å². The number of fused-ring (bicyclic) bond motifs is 1. The number of pyridine rings is 1. The number of aromatic nitrogens is 3. The van der Waals surface area contributed by atoms with Crippen LogP contribution in [0.3, 0.4) is 0 Å². The lowest BCUT2D eigenvalue weighted by molar-refractivity contribution is -0.130. The number of hydrogen-bond donors (Lipinski definition) is 1. The molecule has 34 heavy (non-hydrogen) atoms. The van der Waals surface area contributed by atoms with Crippen LogP contribution in [0.5, 0.6) is 0 Å². The van der Waals surface area contributed by atoms with Gasteiger partial charge in [0.1, 0.15) is 5.65 Å². The average molecular weight is 461 g/mol. The van der Waals surface area contributed by atoms with Crippen molar-refractivity contribution in [2.75, 3.05) is 25.0 Å². The number of carbonyl (C=O) groups excluding carboxylic acids is 1. The molecule has 0 saturated carbocycles. The Kier molecular flexibility index (Phi) is 7.07. The molecule has 3 aromatic rings. The van der Waals surface area contributed by atoms with Crippen LogP contribution >= 0.6 is 0 Å². The zero-order valence-corrected chi connectivity index (χ0v) is 20.1. The fraction of sp³-hybridized carbons (Fsp3) is 0.385. The third kappa shape index (κ3) is 5.02. The van der Waals surface area contributed by atoms with Gasteiger partial charge in [0.15, 0.2) is 0 Å². The van der Waals surface area contributed by atoms with Gasteiger partial charge in [0, 0.05) is 56.4 Å². The first-order valence-electron chi connectivity index (χ1n) is 11.8. The molecule has 1 saturated heterocycles. The lowest BCUT2D eigenvalue weighted by atomic mass is 10.1. The van der Waals surface area contributed by atoms with Crippen LogP contribution in [0.1, 0.15) is 37.9 Å². The first kappa shape index (κ1) is 23.6. The van der Waals surface area contributed by atoms with Gasteiger partial charge in [-0.2, -0.15) is 4.98 Å². The molecule has 0 bridgehead atoms. The van der Waals surface area contributed by atoms with Gasteiger partial charge in [-0.15, -0.1) is 0 Å². The summed E-state index contributed by atoms with van der Waals surface area (Å²) in [7, 11) is 0. The Hall–Kier alpha value is -3.52. The van der Waals surface area contributed by atoms with Crippen molar-refractivity contribution >= 4 is 22.9 Å². The second-order valence-electron chi connectivity index (χ2n) is 8.82. The number of rotatable bonds is 7. The van der Waals surface area contributed by atoms with E-state index in [9.17, 15) is 9.59 Å². The van der Waals surface area contributed by atoms with E-state index in [-0.39, 0.29) is 23.6 Å². The number of nitrogens with zero attached hydrogens (tertiary/aromatic N) is 5. The van der Waals surface area contributed by atoms with Gasteiger partial charge in [-0.05, 0) is 44.0 Å². The highest BCUT2D eigenvalue weighted by atomic mass is 16.2. The van der Waals surface area contributed by atoms with Crippen molar-refractivity contribution in [3.05, 3.63) is 76.7 Å². The largest absolute Gasteiger partial charge is 0.348 e. The van der Waals surface area contributed by atoms with E-state index in [1.54, 1.807) is 22.9 Å². The molecule has 178 valence electrons. The second kappa shape index (κ2) is 10.2. The predicted octanol–water partition coefficient (Wildman–Crippen LogP) is 3.20. The quantitative estimate of drug-likeness (QED) is 0.545. The summed E-state index contributed by atoms with van der Waals surface area (Å²) in [6.07, 6.45) is 3.14. The SMILES string of the molecule is C=CC(=O)N1CCN(Cc2ccc(C(C)Nc3ncc4ccc(=O)n(CC)c4n3)cc2)C[C@@H]1C. The van der Waals surface area contributed by atoms with Crippen molar-refractivity contribution in [2.24, 2.45) is 0 Å². The minimum Gasteiger partial charge on any atom is -0.348 e. The van der Waals surface area contributed by atoms with Crippen molar-refractivity contribution < 1.29 is 4.79 Å². The number of anilines is 1. The Bertz CT molecular complexity index is 1240. The van der Waals surface area contributed by atoms with E-state index >= 15 is 0 Å². The van der Waals surface area contributed by atoms with Crippen LogP contribution in [-0.2, 0) is 17.9 Å². The molecule has 1 unspecified atom stereocenters. The summed E-state index contributed by atoms with van der Waals surface area (Å²) < 4.78 is 1.65. The number of aryl methyl sites for hydroxylation is 1. The molecule has 8 nitrogen and oxygen atoms in total. The molecule has 4 rings (SSSR count). The molecule has 0 spiro atoms. The normalized spacial score (nSPS) is 17.5. The summed E-state index contributed by atoms with van der Waals surface area (Å²) in [4.78, 5) is 37.4. The summed E-state index contributed by atoms with van der Waals surface area (Å²) in [5.74, 6) is 0.504. The summed E-state index contributed by atoms with van der Waals surface area (Å²) in [5.41, 5.74) is 2.94. The fourth-order valence-electron chi connectivity index (χ4n) is 4.51. The zero-order valence-electron chi connectivity index (χ0n) is 20.1. The Morgan fingerprint density at radius 3 is 2.68 bits per heavy atom. The van der Waals surface area contributed by atoms with Crippen LogP contribution < -0.4 is 10.9 Å². The van der Waals surface area contributed by atoms with Crippen molar-refractivity contribution in [1.82, 2.24) is 24.3 Å². The van der Waals surface area contributed by atoms with Crippen molar-refractivity contribution in [3.8, 4) is 0 Å². The van der Waals surface area contributed by atoms with Crippen LogP contribution in [0.4, 0.5) is 5.95 Å². The number of carbonyl (C=O) groups is 1. The second-order valence-corrected chi connectivity index (χ2v) is 8.82. The van der Waals surface area contributed by atoms with Gasteiger partial charge in [0.2, 0.25) is 11.9 Å². The van der Waals surface area contributed by atoms with Crippen molar-refractivity contribution in [2.45, 2.75) is 45.9 Å². The monoisotopic (exact) mass is 460 g/mol. The third-order valence-corrected chi connectivity index (χ3v) is 6.44. The van der Waals surface area contributed by atoms with Crippen LogP contribution in [0.25, 0.3) is 11.0 Å². The molecule has 8 heteroatoms. The van der Waals surface area contributed by atoms with E-state index < -0.39 is 0 Å². The number of amides is 1. The minimum absolute atomic E-state index is 0.00509. The van der Waals surface area contributed by atoms with Crippen LogP contribution in [0, 0.1) is 0 Å². The summed E-state index contributed by atoms with van der Waals surface area (Å²) in [6, 6.07) is 12.0. The van der Waals surface area contributed by atoms with E-state index in [0.717, 1.165) is 37.1 Å². The van der Waals surface area contributed by atoms with E-state index in [1.807, 2.05) is 11.8 Å². The molecule has 1 amide bonds. The molecule has 3 heterocycles. The first-order valence-corrected chi connectivity index (χ1v) is 11.8. The average Bonchev–Trinajstić information content (AvgIpc) is 2.84. The van der Waals surface area contributed by atoms with Gasteiger partial charge < -0.3 is 10.2 Å². The maximum atomic E-state index is 12.1. The Labute approximate surface area is 199 Å². The molecule has 1 aliphatic rings. The molecule has 1 aromatic carbocycles. The summed E-state index contributed by atoms with van der Waals surface area (Å²) >= 11 is 0. The highest BCUT2D eigenvalue weighted by molar-refractivity contribution is 5.87. The standard InChI is InChI=1S/C26H32N6O2/c1-5-23(33)32-14-13-30(16-18(32)3)17-20-7-9-21(10-8-20)19(4)28-26-27-15-22-11-12-24(34)31(6-2)25(22)29-26/h5,7-12,15,18-19H,1,6,13-14,16-17H2,2-4H3,(H,27,28,29)/t18-,19?/m0/s1. The fourth-order valence-corrected chi connectivity index (χ4v) is 4.51. The van der Waals surface area contributed by atoms with Gasteiger partial charge in [-0.3, -0.25) is 19.1 Å². The zero-order chi connectivity index (χ0) is 24.2. The van der Waals surface area contributed by atoms with Gasteiger partial charge in [-0.25, -0.2) is 4.98 Å². The molecule has 1 aliphatic heterocycles. The Morgan fingerprint density at radius 1 is 1.24 bits per heavy atom. The lowest BCUT2D eigenvalue weighted by Crippen LogP contribution is -2.53. The van der Waals surface area contributed by atoms with Gasteiger partial charge in [-0.1, -0.05) is 30.8 Å². The van der Waals surface area contributed by atoms with Gasteiger partial charge >= 0.3 is 0 Å². The van der Waals surface area contributed by atoms with Gasteiger partial charge in [0.05, 0.1) is 6.04 Å². The van der Waals surface area contributed by atoms with Crippen molar-refractivity contribution in [1.29, 1.82) is 0 Å². The van der Waals surface area contributed by atoms with Crippen LogP contribution in [0.2, 0.25) is 0 Å². The number of benzene rings is 1. The molecule has 1 N–H and O–H groups in total.